The summed E-state index contributed by atoms with van der Waals surface area (Å²) in [6.45, 7) is 4.15. The molecule has 37 heavy (non-hydrogen) atoms. The molecule has 4 aliphatic heterocycles. The number of carbonyl (C=O) groups excluding carboxylic acids is 2. The predicted molar refractivity (Wildman–Crippen MR) is 140 cm³/mol. The molecule has 2 bridgehead atoms. The van der Waals surface area contributed by atoms with E-state index in [0.717, 1.165) is 43.7 Å². The van der Waals surface area contributed by atoms with E-state index in [2.05, 4.69) is 58.8 Å². The summed E-state index contributed by atoms with van der Waals surface area (Å²) in [5, 5.41) is 8.89. The van der Waals surface area contributed by atoms with Gasteiger partial charge in [-0.1, -0.05) is 59.8 Å². The van der Waals surface area contributed by atoms with Gasteiger partial charge < -0.3 is 15.5 Å². The van der Waals surface area contributed by atoms with Gasteiger partial charge in [-0.05, 0) is 29.9 Å². The second kappa shape index (κ2) is 10.1. The highest BCUT2D eigenvalue weighted by atomic mass is 16.2. The van der Waals surface area contributed by atoms with Gasteiger partial charge in [0.1, 0.15) is 11.7 Å². The topological polar surface area (TPSA) is 98.6 Å². The fourth-order valence-corrected chi connectivity index (χ4v) is 6.63. The van der Waals surface area contributed by atoms with Crippen LogP contribution in [-0.4, -0.2) is 63.9 Å². The van der Waals surface area contributed by atoms with Gasteiger partial charge in [0.2, 0.25) is 11.8 Å². The van der Waals surface area contributed by atoms with Gasteiger partial charge in [0.05, 0.1) is 31.7 Å². The summed E-state index contributed by atoms with van der Waals surface area (Å²) in [5.41, 5.74) is 9.81. The smallest absolute Gasteiger partial charge is 0.231 e. The molecule has 3 aromatic rings. The van der Waals surface area contributed by atoms with E-state index >= 15 is 0 Å². The Hall–Kier alpha value is -3.52. The number of likely N-dealkylation sites (tertiary alicyclic amines) is 1. The Labute approximate surface area is 217 Å². The van der Waals surface area contributed by atoms with E-state index in [-0.39, 0.29) is 23.7 Å². The summed E-state index contributed by atoms with van der Waals surface area (Å²) in [7, 11) is 0. The summed E-state index contributed by atoms with van der Waals surface area (Å²) in [5.74, 6) is 0.491. The number of fused-ring (bicyclic) bond motifs is 3. The van der Waals surface area contributed by atoms with Crippen LogP contribution in [0.15, 0.2) is 60.8 Å². The van der Waals surface area contributed by atoms with E-state index in [1.165, 1.54) is 16.0 Å². The Morgan fingerprint density at radius 1 is 0.946 bits per heavy atom. The van der Waals surface area contributed by atoms with Gasteiger partial charge >= 0.3 is 0 Å². The Balaban J connectivity index is 1.06. The molecule has 4 saturated heterocycles. The van der Waals surface area contributed by atoms with Gasteiger partial charge in [-0.15, -0.1) is 5.10 Å². The number of hydrogen-bond acceptors (Lipinski definition) is 4. The number of nitrogens with zero attached hydrogens (tertiary/aromatic N) is 4. The largest absolute Gasteiger partial charge is 0.369 e. The summed E-state index contributed by atoms with van der Waals surface area (Å²) < 4.78 is 1.98. The van der Waals surface area contributed by atoms with Gasteiger partial charge in [0.15, 0.2) is 0 Å². The standard InChI is InChI=1S/C29H34N6O2/c30-28(36)23-10-13-33(14-11-23)29(37)26-18-34-15-12-24(26)16-25(34)17-35-19-27(31-32-35)22-8-6-21(7-9-22)20-4-2-1-3-5-20/h1-9,19,23-26H,10-18H2,(H2,30,36)/p+1/t24-,25-,26+/m1/s1. The van der Waals surface area contributed by atoms with E-state index in [4.69, 9.17) is 5.73 Å². The molecule has 192 valence electrons. The van der Waals surface area contributed by atoms with Crippen molar-refractivity contribution < 1.29 is 14.5 Å². The Morgan fingerprint density at radius 3 is 2.32 bits per heavy atom. The first kappa shape index (κ1) is 23.9. The van der Waals surface area contributed by atoms with Crippen molar-refractivity contribution >= 4 is 11.8 Å². The zero-order valence-electron chi connectivity index (χ0n) is 21.1. The van der Waals surface area contributed by atoms with Crippen molar-refractivity contribution in [2.24, 2.45) is 23.5 Å². The normalized spacial score (nSPS) is 25.8. The quantitative estimate of drug-likeness (QED) is 0.539. The predicted octanol–water partition coefficient (Wildman–Crippen LogP) is 1.63. The molecule has 7 rings (SSSR count). The fourth-order valence-electron chi connectivity index (χ4n) is 6.63. The Bertz CT molecular complexity index is 1250. The van der Waals surface area contributed by atoms with Crippen molar-refractivity contribution in [2.75, 3.05) is 26.2 Å². The van der Waals surface area contributed by atoms with Crippen LogP contribution >= 0.6 is 0 Å². The van der Waals surface area contributed by atoms with Crippen LogP contribution in [0.1, 0.15) is 25.7 Å². The van der Waals surface area contributed by atoms with Crippen LogP contribution in [0.5, 0.6) is 0 Å². The minimum absolute atomic E-state index is 0.0833. The van der Waals surface area contributed by atoms with Crippen molar-refractivity contribution in [3.05, 3.63) is 60.8 Å². The third-order valence-corrected chi connectivity index (χ3v) is 8.81. The van der Waals surface area contributed by atoms with E-state index < -0.39 is 0 Å². The number of hydrogen-bond donors (Lipinski definition) is 2. The number of nitrogens with two attached hydrogens (primary N) is 1. The summed E-state index contributed by atoms with van der Waals surface area (Å²) in [4.78, 5) is 28.3. The Morgan fingerprint density at radius 2 is 1.65 bits per heavy atom. The second-order valence-corrected chi connectivity index (χ2v) is 11.0. The maximum atomic E-state index is 13.3. The van der Waals surface area contributed by atoms with Gasteiger partial charge in [-0.2, -0.15) is 0 Å². The molecule has 1 unspecified atom stereocenters. The highest BCUT2D eigenvalue weighted by Crippen LogP contribution is 2.31. The fraction of sp³-hybridized carbons (Fsp3) is 0.448. The van der Waals surface area contributed by atoms with Crippen LogP contribution in [0.2, 0.25) is 0 Å². The Kier molecular flexibility index (Phi) is 6.50. The molecule has 5 heterocycles. The van der Waals surface area contributed by atoms with E-state index in [1.54, 1.807) is 0 Å². The summed E-state index contributed by atoms with van der Waals surface area (Å²) in [6, 6.07) is 19.3. The maximum Gasteiger partial charge on any atom is 0.231 e. The zero-order valence-corrected chi connectivity index (χ0v) is 21.1. The van der Waals surface area contributed by atoms with Gasteiger partial charge in [0.25, 0.3) is 0 Å². The molecule has 0 radical (unpaired) electrons. The highest BCUT2D eigenvalue weighted by molar-refractivity contribution is 5.81. The lowest BCUT2D eigenvalue weighted by Gasteiger charge is -2.47. The molecule has 1 aromatic heterocycles. The first-order chi connectivity index (χ1) is 18.0. The number of carbonyl (C=O) groups is 2. The molecule has 2 amide bonds. The average Bonchev–Trinajstić information content (AvgIpc) is 3.42. The zero-order chi connectivity index (χ0) is 25.4. The number of nitrogens with one attached hydrogen (secondary N) is 1. The number of amides is 2. The van der Waals surface area contributed by atoms with E-state index in [9.17, 15) is 9.59 Å². The molecular weight excluding hydrogens is 464 g/mol. The molecule has 0 saturated carbocycles. The van der Waals surface area contributed by atoms with Crippen LogP contribution in [0.4, 0.5) is 0 Å². The van der Waals surface area contributed by atoms with Crippen LogP contribution < -0.4 is 10.6 Å². The number of piperidine rings is 4. The molecular formula is C29H35N6O2+. The number of primary amides is 1. The van der Waals surface area contributed by atoms with Gasteiger partial charge in [-0.3, -0.25) is 9.59 Å². The van der Waals surface area contributed by atoms with Crippen molar-refractivity contribution in [3.8, 4) is 22.4 Å². The molecule has 8 nitrogen and oxygen atoms in total. The molecule has 3 N–H and O–H groups in total. The van der Waals surface area contributed by atoms with Crippen molar-refractivity contribution in [1.82, 2.24) is 19.9 Å². The van der Waals surface area contributed by atoms with Crippen LogP contribution in [-0.2, 0) is 16.1 Å². The van der Waals surface area contributed by atoms with Crippen LogP contribution in [0.25, 0.3) is 22.4 Å². The summed E-state index contributed by atoms with van der Waals surface area (Å²) in [6.07, 6.45) is 5.59. The van der Waals surface area contributed by atoms with Crippen LogP contribution in [0, 0.1) is 17.8 Å². The lowest BCUT2D eigenvalue weighted by Crippen LogP contribution is -3.20. The molecule has 4 fully saturated rings. The molecule has 8 heteroatoms. The van der Waals surface area contributed by atoms with Gasteiger partial charge in [-0.25, -0.2) is 4.68 Å². The minimum Gasteiger partial charge on any atom is -0.369 e. The van der Waals surface area contributed by atoms with Crippen molar-refractivity contribution in [1.29, 1.82) is 0 Å². The lowest BCUT2D eigenvalue weighted by atomic mass is 9.74. The minimum atomic E-state index is -0.234. The molecule has 4 aliphatic rings. The maximum absolute atomic E-state index is 13.3. The molecule has 0 spiro atoms. The number of rotatable bonds is 6. The number of aromatic nitrogens is 3. The van der Waals surface area contributed by atoms with Crippen molar-refractivity contribution in [2.45, 2.75) is 38.3 Å². The molecule has 0 aliphatic carbocycles. The second-order valence-electron chi connectivity index (χ2n) is 11.0. The average molecular weight is 500 g/mol. The summed E-state index contributed by atoms with van der Waals surface area (Å²) >= 11 is 0. The van der Waals surface area contributed by atoms with Crippen molar-refractivity contribution in [3.63, 3.8) is 0 Å². The number of quaternary nitrogens is 1. The van der Waals surface area contributed by atoms with E-state index in [0.29, 0.717) is 37.9 Å². The van der Waals surface area contributed by atoms with Gasteiger partial charge in [0, 0.05) is 37.4 Å². The SMILES string of the molecule is NC(=O)C1CCN(C(=O)[C@H]2C[NH+]3CC[C@@H]2C[C@@H]3Cn2cc(-c3ccc(-c4ccccc4)cc3)nn2)CC1. The van der Waals surface area contributed by atoms with E-state index in [1.807, 2.05) is 21.8 Å². The van der Waals surface area contributed by atoms with Crippen LogP contribution in [0.3, 0.4) is 0 Å². The third kappa shape index (κ3) is 4.90. The first-order valence-corrected chi connectivity index (χ1v) is 13.5. The highest BCUT2D eigenvalue weighted by Gasteiger charge is 2.48. The third-order valence-electron chi connectivity index (χ3n) is 8.81. The monoisotopic (exact) mass is 499 g/mol. The number of benzene rings is 2. The lowest BCUT2D eigenvalue weighted by molar-refractivity contribution is -0.945. The first-order valence-electron chi connectivity index (χ1n) is 13.5. The molecule has 4 atom stereocenters. The molecule has 2 aromatic carbocycles.